The van der Waals surface area contributed by atoms with Crippen LogP contribution >= 0.6 is 0 Å². The highest BCUT2D eigenvalue weighted by Gasteiger charge is 2.10. The molecule has 0 spiro atoms. The summed E-state index contributed by atoms with van der Waals surface area (Å²) in [5.74, 6) is 0.748. The zero-order valence-corrected chi connectivity index (χ0v) is 14.4. The molecule has 22 heavy (non-hydrogen) atoms. The quantitative estimate of drug-likeness (QED) is 0.510. The Hall–Kier alpha value is -1.56. The van der Waals surface area contributed by atoms with E-state index in [2.05, 4.69) is 69.3 Å². The van der Waals surface area contributed by atoms with Crippen LogP contribution in [0.5, 0.6) is 0 Å². The van der Waals surface area contributed by atoms with E-state index in [0.29, 0.717) is 0 Å². The number of aryl methyl sites for hydroxylation is 1. The van der Waals surface area contributed by atoms with E-state index in [4.69, 9.17) is 0 Å². The van der Waals surface area contributed by atoms with E-state index in [0.717, 1.165) is 12.3 Å². The van der Waals surface area contributed by atoms with Crippen molar-refractivity contribution in [3.05, 3.63) is 70.8 Å². The number of rotatable bonds is 8. The second kappa shape index (κ2) is 8.78. The number of benzene rings is 2. The molecule has 0 heterocycles. The van der Waals surface area contributed by atoms with Crippen LogP contribution in [0.2, 0.25) is 0 Å². The molecule has 1 atom stereocenters. The molecule has 118 valence electrons. The summed E-state index contributed by atoms with van der Waals surface area (Å²) in [7, 11) is 0. The molecule has 0 saturated heterocycles. The Labute approximate surface area is 136 Å². The summed E-state index contributed by atoms with van der Waals surface area (Å²) in [6.45, 7) is 6.78. The van der Waals surface area contributed by atoms with Gasteiger partial charge in [0.1, 0.15) is 0 Å². The molecule has 0 aliphatic heterocycles. The highest BCUT2D eigenvalue weighted by Crippen LogP contribution is 2.27. The lowest BCUT2D eigenvalue weighted by Crippen LogP contribution is -1.99. The van der Waals surface area contributed by atoms with Crippen molar-refractivity contribution in [3.63, 3.8) is 0 Å². The molecule has 0 amide bonds. The second-order valence-corrected chi connectivity index (χ2v) is 6.47. The topological polar surface area (TPSA) is 0 Å². The van der Waals surface area contributed by atoms with Crippen LogP contribution in [-0.4, -0.2) is 0 Å². The van der Waals surface area contributed by atoms with Gasteiger partial charge in [-0.3, -0.25) is 0 Å². The average Bonchev–Trinajstić information content (AvgIpc) is 2.54. The number of hydrogen-bond donors (Lipinski definition) is 0. The second-order valence-electron chi connectivity index (χ2n) is 6.47. The minimum Gasteiger partial charge on any atom is -0.0654 e. The van der Waals surface area contributed by atoms with Crippen LogP contribution in [0.25, 0.3) is 0 Å². The van der Waals surface area contributed by atoms with Crippen LogP contribution in [0.4, 0.5) is 0 Å². The summed E-state index contributed by atoms with van der Waals surface area (Å²) in [5, 5.41) is 0. The molecule has 0 N–H and O–H groups in total. The SMILES string of the molecule is CCCCC(CCC)c1ccc(Cc2ccccc2C)cc1. The fourth-order valence-corrected chi connectivity index (χ4v) is 3.21. The first-order valence-electron chi connectivity index (χ1n) is 8.88. The lowest BCUT2D eigenvalue weighted by molar-refractivity contribution is 0.541. The van der Waals surface area contributed by atoms with Crippen molar-refractivity contribution in [2.75, 3.05) is 0 Å². The molecule has 0 bridgehead atoms. The lowest BCUT2D eigenvalue weighted by atomic mass is 9.88. The van der Waals surface area contributed by atoms with Gasteiger partial charge in [-0.2, -0.15) is 0 Å². The van der Waals surface area contributed by atoms with E-state index in [1.807, 2.05) is 0 Å². The third-order valence-electron chi connectivity index (χ3n) is 4.65. The Kier molecular flexibility index (Phi) is 6.71. The van der Waals surface area contributed by atoms with Gasteiger partial charge in [0.05, 0.1) is 0 Å². The molecule has 0 aliphatic rings. The van der Waals surface area contributed by atoms with Gasteiger partial charge in [-0.05, 0) is 54.4 Å². The summed E-state index contributed by atoms with van der Waals surface area (Å²) < 4.78 is 0. The Morgan fingerprint density at radius 1 is 0.818 bits per heavy atom. The van der Waals surface area contributed by atoms with Crippen molar-refractivity contribution in [1.29, 1.82) is 0 Å². The van der Waals surface area contributed by atoms with Gasteiger partial charge in [-0.25, -0.2) is 0 Å². The Balaban J connectivity index is 2.07. The summed E-state index contributed by atoms with van der Waals surface area (Å²) >= 11 is 0. The first-order chi connectivity index (χ1) is 10.7. The van der Waals surface area contributed by atoms with Crippen LogP contribution in [0, 0.1) is 6.92 Å². The summed E-state index contributed by atoms with van der Waals surface area (Å²) in [5.41, 5.74) is 5.78. The van der Waals surface area contributed by atoms with Crippen LogP contribution < -0.4 is 0 Å². The third-order valence-corrected chi connectivity index (χ3v) is 4.65. The molecule has 0 radical (unpaired) electrons. The van der Waals surface area contributed by atoms with Gasteiger partial charge in [-0.1, -0.05) is 81.6 Å². The summed E-state index contributed by atoms with van der Waals surface area (Å²) in [6, 6.07) is 18.1. The van der Waals surface area contributed by atoms with Crippen LogP contribution in [0.1, 0.15) is 74.1 Å². The van der Waals surface area contributed by atoms with Crippen molar-refractivity contribution in [2.45, 2.75) is 65.2 Å². The van der Waals surface area contributed by atoms with Gasteiger partial charge in [-0.15, -0.1) is 0 Å². The maximum atomic E-state index is 2.36. The van der Waals surface area contributed by atoms with Crippen molar-refractivity contribution < 1.29 is 0 Å². The fraction of sp³-hybridized carbons (Fsp3) is 0.455. The van der Waals surface area contributed by atoms with Gasteiger partial charge in [0.15, 0.2) is 0 Å². The van der Waals surface area contributed by atoms with Crippen LogP contribution in [0.3, 0.4) is 0 Å². The van der Waals surface area contributed by atoms with Gasteiger partial charge in [0.2, 0.25) is 0 Å². The van der Waals surface area contributed by atoms with E-state index in [-0.39, 0.29) is 0 Å². The molecule has 2 rings (SSSR count). The molecule has 0 saturated carbocycles. The zero-order valence-electron chi connectivity index (χ0n) is 14.4. The Morgan fingerprint density at radius 3 is 2.18 bits per heavy atom. The average molecular weight is 294 g/mol. The number of hydrogen-bond acceptors (Lipinski definition) is 0. The highest BCUT2D eigenvalue weighted by molar-refractivity contribution is 5.33. The monoisotopic (exact) mass is 294 g/mol. The van der Waals surface area contributed by atoms with E-state index >= 15 is 0 Å². The molecular formula is C22H30. The van der Waals surface area contributed by atoms with Crippen molar-refractivity contribution in [3.8, 4) is 0 Å². The largest absolute Gasteiger partial charge is 0.0654 e. The van der Waals surface area contributed by atoms with E-state index in [1.54, 1.807) is 0 Å². The molecule has 2 aromatic rings. The highest BCUT2D eigenvalue weighted by atomic mass is 14.2. The van der Waals surface area contributed by atoms with Crippen molar-refractivity contribution in [2.24, 2.45) is 0 Å². The Bertz CT molecular complexity index is 551. The third kappa shape index (κ3) is 4.73. The van der Waals surface area contributed by atoms with Crippen molar-refractivity contribution >= 4 is 0 Å². The standard InChI is InChI=1S/C22H30/c1-4-6-11-20(9-5-2)21-15-13-19(14-16-21)17-22-12-8-7-10-18(22)3/h7-8,10,12-16,20H,4-6,9,11,17H2,1-3H3. The maximum Gasteiger partial charge on any atom is -0.00231 e. The van der Waals surface area contributed by atoms with Gasteiger partial charge in [0, 0.05) is 0 Å². The molecule has 1 unspecified atom stereocenters. The van der Waals surface area contributed by atoms with Crippen LogP contribution in [0.15, 0.2) is 48.5 Å². The smallest absolute Gasteiger partial charge is 0.00231 e. The fourth-order valence-electron chi connectivity index (χ4n) is 3.21. The van der Waals surface area contributed by atoms with Crippen molar-refractivity contribution in [1.82, 2.24) is 0 Å². The summed E-state index contributed by atoms with van der Waals surface area (Å²) in [6.07, 6.45) is 7.61. The predicted octanol–water partition coefficient (Wildman–Crippen LogP) is 6.66. The normalized spacial score (nSPS) is 12.3. The lowest BCUT2D eigenvalue weighted by Gasteiger charge is -2.17. The molecule has 0 fully saturated rings. The number of unbranched alkanes of at least 4 members (excludes halogenated alkanes) is 1. The van der Waals surface area contributed by atoms with Gasteiger partial charge < -0.3 is 0 Å². The van der Waals surface area contributed by atoms with E-state index in [9.17, 15) is 0 Å². The zero-order chi connectivity index (χ0) is 15.8. The van der Waals surface area contributed by atoms with Gasteiger partial charge in [0.25, 0.3) is 0 Å². The molecule has 0 heteroatoms. The van der Waals surface area contributed by atoms with Gasteiger partial charge >= 0.3 is 0 Å². The molecular weight excluding hydrogens is 264 g/mol. The molecule has 0 aliphatic carbocycles. The minimum atomic E-state index is 0.748. The van der Waals surface area contributed by atoms with Crippen LogP contribution in [-0.2, 0) is 6.42 Å². The first kappa shape index (κ1) is 16.8. The molecule has 2 aromatic carbocycles. The molecule has 0 aromatic heterocycles. The summed E-state index contributed by atoms with van der Waals surface area (Å²) in [4.78, 5) is 0. The predicted molar refractivity (Wildman–Crippen MR) is 97.6 cm³/mol. The molecule has 0 nitrogen and oxygen atoms in total. The minimum absolute atomic E-state index is 0.748. The first-order valence-corrected chi connectivity index (χ1v) is 8.88. The van der Waals surface area contributed by atoms with E-state index < -0.39 is 0 Å². The Morgan fingerprint density at radius 2 is 1.55 bits per heavy atom. The maximum absolute atomic E-state index is 2.36. The van der Waals surface area contributed by atoms with E-state index in [1.165, 1.54) is 54.4 Å².